The second-order valence-electron chi connectivity index (χ2n) is 27.7. The van der Waals surface area contributed by atoms with Crippen LogP contribution in [0.2, 0.25) is 0 Å². The molecule has 0 aromatic heterocycles. The molecule has 14 unspecified atom stereocenters. The average molecular weight is 1400 g/mol. The van der Waals surface area contributed by atoms with Crippen LogP contribution in [0.4, 0.5) is 0 Å². The molecule has 0 spiro atoms. The Hall–Kier alpha value is -8.03. The summed E-state index contributed by atoms with van der Waals surface area (Å²) in [5, 5.41) is 68.8. The zero-order valence-corrected chi connectivity index (χ0v) is 59.6. The number of aliphatic carboxylic acids is 2. The van der Waals surface area contributed by atoms with Crippen LogP contribution in [0.25, 0.3) is 0 Å². The fraction of sp³-hybridized carbons (Fsp3) is 0.773. The number of carboxylic acid groups (broad SMARTS) is 2. The van der Waals surface area contributed by atoms with Gasteiger partial charge in [0.15, 0.2) is 0 Å². The maximum atomic E-state index is 14.9. The van der Waals surface area contributed by atoms with E-state index in [2.05, 4.69) is 65.4 Å². The van der Waals surface area contributed by atoms with Crippen LogP contribution in [0, 0.1) is 35.5 Å². The van der Waals surface area contributed by atoms with E-state index in [9.17, 15) is 92.3 Å². The number of amides is 12. The Bertz CT molecular complexity index is 2690. The number of carbonyl (C=O) groups excluding carboxylic acids is 13. The predicted molar refractivity (Wildman–Crippen MR) is 358 cm³/mol. The molecular weight excluding hydrogens is 1280 g/mol. The van der Waals surface area contributed by atoms with E-state index in [1.54, 1.807) is 76.2 Å². The first-order valence-electron chi connectivity index (χ1n) is 34.3. The van der Waals surface area contributed by atoms with Gasteiger partial charge in [0.2, 0.25) is 70.9 Å². The fourth-order valence-corrected chi connectivity index (χ4v) is 10.7. The molecule has 98 heavy (non-hydrogen) atoms. The molecule has 14 atom stereocenters. The quantitative estimate of drug-likeness (QED) is 0.0308. The third-order valence-corrected chi connectivity index (χ3v) is 16.1. The molecule has 0 aromatic carbocycles. The van der Waals surface area contributed by atoms with Crippen LogP contribution >= 0.6 is 0 Å². The number of hydrogen-bond acceptors (Lipinski definition) is 18. The van der Waals surface area contributed by atoms with Gasteiger partial charge in [0.25, 0.3) is 0 Å². The van der Waals surface area contributed by atoms with Crippen molar-refractivity contribution in [2.24, 2.45) is 41.2 Å². The molecule has 0 saturated carbocycles. The summed E-state index contributed by atoms with van der Waals surface area (Å²) in [7, 11) is 0. The molecule has 1 aliphatic heterocycles. The van der Waals surface area contributed by atoms with E-state index in [0.29, 0.717) is 12.8 Å². The number of aliphatic hydroxyl groups excluding tert-OH is 2. The second-order valence-corrected chi connectivity index (χ2v) is 27.7. The number of rotatable bonds is 32. The summed E-state index contributed by atoms with van der Waals surface area (Å²) in [5.41, 5.74) is 5.46. The maximum absolute atomic E-state index is 14.9. The van der Waals surface area contributed by atoms with Crippen LogP contribution in [0.5, 0.6) is 0 Å². The molecule has 1 fully saturated rings. The first kappa shape index (κ1) is 88.0. The zero-order chi connectivity index (χ0) is 74.8. The second kappa shape index (κ2) is 44.8. The Labute approximate surface area is 575 Å². The van der Waals surface area contributed by atoms with E-state index in [-0.39, 0.29) is 68.6 Å². The number of unbranched alkanes of at least 4 members (excludes halogenated alkanes) is 4. The van der Waals surface area contributed by atoms with Gasteiger partial charge in [-0.3, -0.25) is 67.1 Å². The van der Waals surface area contributed by atoms with Gasteiger partial charge >= 0.3 is 17.9 Å². The van der Waals surface area contributed by atoms with Crippen molar-refractivity contribution in [1.82, 2.24) is 58.5 Å². The number of ether oxygens (including phenoxy) is 1. The molecule has 1 saturated heterocycles. The van der Waals surface area contributed by atoms with Gasteiger partial charge in [0.05, 0.1) is 32.0 Å². The standard InChI is InChI=1S/C66H114N12O20/c1-15-17-18-19-20-21-40(80)29-51(82)68-42(24-33(3)4)57(87)73-47(30-52(83)84)62(92)78-55-39(14)98-53(85)31-48(66(96)97)75-64(94)54(38(13)16-2)77-61(91)46(28-37(11)12)70-56(86)41(22-23-50(67)81)69-58(88)43(25-34(5)6)72-63(93)49(32-79)76-60(90)44(26-35(7)8)71-59(89)45(27-36(9)10)74-65(55)95/h33-49,54-55,79-80H,15-32H2,1-14H3,(H2,67,81)(H,68,82)(H,69,88)(H,70,86)(H,71,89)(H,72,93)(H,73,87)(H,74,95)(H,75,94)(H,76,90)(H,77,91)(H,78,92)(H,83,84)(H,96,97). The van der Waals surface area contributed by atoms with Gasteiger partial charge in [0, 0.05) is 6.42 Å². The molecule has 0 aliphatic carbocycles. The first-order valence-corrected chi connectivity index (χ1v) is 34.3. The van der Waals surface area contributed by atoms with Gasteiger partial charge in [-0.2, -0.15) is 0 Å². The van der Waals surface area contributed by atoms with Gasteiger partial charge in [0.1, 0.15) is 72.6 Å². The van der Waals surface area contributed by atoms with Crippen LogP contribution < -0.4 is 64.2 Å². The number of aliphatic hydroxyl groups is 2. The highest BCUT2D eigenvalue weighted by Gasteiger charge is 2.41. The Morgan fingerprint density at radius 1 is 0.541 bits per heavy atom. The number of primary amides is 1. The largest absolute Gasteiger partial charge is 0.481 e. The van der Waals surface area contributed by atoms with Crippen LogP contribution in [0.15, 0.2) is 0 Å². The highest BCUT2D eigenvalue weighted by Crippen LogP contribution is 2.18. The minimum atomic E-state index is -2.16. The van der Waals surface area contributed by atoms with Crippen molar-refractivity contribution in [3.8, 4) is 0 Å². The zero-order valence-electron chi connectivity index (χ0n) is 59.6. The topological polar surface area (TPSA) is 505 Å². The van der Waals surface area contributed by atoms with Gasteiger partial charge in [-0.15, -0.1) is 0 Å². The lowest BCUT2D eigenvalue weighted by Gasteiger charge is -2.30. The SMILES string of the molecule is CCCCCCCC(O)CC(=O)NC(CC(C)C)C(=O)NC(CC(=O)O)C(=O)NC1C(=O)NC(CC(C)C)C(=O)NC(CC(C)C)C(=O)NC(CO)C(=O)NC(CC(C)C)C(=O)NC(CCC(N)=O)C(=O)NC(CC(C)C)C(=O)NC(C(C)CC)C(=O)NC(C(=O)O)CC(=O)OC1C. The van der Waals surface area contributed by atoms with E-state index >= 15 is 0 Å². The molecule has 32 heteroatoms. The Balaban J connectivity index is 4.27. The molecule has 1 aliphatic rings. The molecule has 0 aromatic rings. The summed E-state index contributed by atoms with van der Waals surface area (Å²) in [6.45, 7) is 22.1. The van der Waals surface area contributed by atoms with Gasteiger partial charge < -0.3 is 89.4 Å². The van der Waals surface area contributed by atoms with E-state index in [4.69, 9.17) is 10.5 Å². The fourth-order valence-electron chi connectivity index (χ4n) is 10.7. The molecule has 0 bridgehead atoms. The number of esters is 1. The van der Waals surface area contributed by atoms with Crippen molar-refractivity contribution in [3.63, 3.8) is 0 Å². The van der Waals surface area contributed by atoms with Crippen molar-refractivity contribution in [2.45, 2.75) is 285 Å². The van der Waals surface area contributed by atoms with Gasteiger partial charge in [-0.1, -0.05) is 129 Å². The molecular formula is C66H114N12O20. The van der Waals surface area contributed by atoms with Crippen molar-refractivity contribution < 1.29 is 97.1 Å². The molecule has 17 N–H and O–H groups in total. The normalized spacial score (nSPS) is 23.9. The smallest absolute Gasteiger partial charge is 0.326 e. The number of cyclic esters (lactones) is 1. The van der Waals surface area contributed by atoms with E-state index in [1.807, 2.05) is 0 Å². The number of carbonyl (C=O) groups is 15. The minimum Gasteiger partial charge on any atom is -0.481 e. The van der Waals surface area contributed by atoms with Crippen molar-refractivity contribution >= 4 is 88.8 Å². The van der Waals surface area contributed by atoms with Crippen LogP contribution in [0.3, 0.4) is 0 Å². The number of nitrogens with one attached hydrogen (secondary N) is 11. The maximum Gasteiger partial charge on any atom is 0.326 e. The average Bonchev–Trinajstić information content (AvgIpc) is 0.859. The molecule has 0 radical (unpaired) electrons. The Morgan fingerprint density at radius 3 is 1.43 bits per heavy atom. The predicted octanol–water partition coefficient (Wildman–Crippen LogP) is -0.140. The lowest BCUT2D eigenvalue weighted by molar-refractivity contribution is -0.156. The molecule has 1 rings (SSSR count). The molecule has 12 amide bonds. The lowest BCUT2D eigenvalue weighted by Crippen LogP contribution is -2.62. The Kier molecular flexibility index (Phi) is 40.2. The van der Waals surface area contributed by atoms with E-state index in [1.165, 1.54) is 6.92 Å². The molecule has 558 valence electrons. The van der Waals surface area contributed by atoms with Crippen LogP contribution in [0.1, 0.15) is 206 Å². The van der Waals surface area contributed by atoms with Crippen molar-refractivity contribution in [3.05, 3.63) is 0 Å². The summed E-state index contributed by atoms with van der Waals surface area (Å²) in [6, 6.07) is -18.8. The summed E-state index contributed by atoms with van der Waals surface area (Å²) in [6.07, 6.45) is -2.20. The third-order valence-electron chi connectivity index (χ3n) is 16.1. The first-order chi connectivity index (χ1) is 45.7. The summed E-state index contributed by atoms with van der Waals surface area (Å²) < 4.78 is 5.60. The number of nitrogens with two attached hydrogens (primary N) is 1. The number of hydrogen-bond donors (Lipinski definition) is 16. The molecule has 1 heterocycles. The van der Waals surface area contributed by atoms with Crippen LogP contribution in [-0.4, -0.2) is 194 Å². The van der Waals surface area contributed by atoms with Crippen molar-refractivity contribution in [2.75, 3.05) is 6.61 Å². The van der Waals surface area contributed by atoms with Gasteiger partial charge in [-0.05, 0) is 87.4 Å². The lowest BCUT2D eigenvalue weighted by atomic mass is 9.96. The highest BCUT2D eigenvalue weighted by molar-refractivity contribution is 6.00. The number of carboxylic acids is 2. The third kappa shape index (κ3) is 34.0. The summed E-state index contributed by atoms with van der Waals surface area (Å²) in [4.78, 5) is 208. The van der Waals surface area contributed by atoms with E-state index in [0.717, 1.165) is 32.6 Å². The summed E-state index contributed by atoms with van der Waals surface area (Å²) in [5.74, 6) is -20.0. The van der Waals surface area contributed by atoms with Crippen LogP contribution in [-0.2, 0) is 76.7 Å². The monoisotopic (exact) mass is 1390 g/mol. The van der Waals surface area contributed by atoms with Gasteiger partial charge in [-0.25, -0.2) is 4.79 Å². The highest BCUT2D eigenvalue weighted by atomic mass is 16.5. The Morgan fingerprint density at radius 2 is 0.990 bits per heavy atom. The van der Waals surface area contributed by atoms with Crippen molar-refractivity contribution in [1.29, 1.82) is 0 Å². The summed E-state index contributed by atoms with van der Waals surface area (Å²) >= 11 is 0. The molecule has 32 nitrogen and oxygen atoms in total. The minimum absolute atomic E-state index is 0.0370. The van der Waals surface area contributed by atoms with E-state index < -0.39 is 212 Å².